The average Bonchev–Trinajstić information content (AvgIpc) is 3.53. The van der Waals surface area contributed by atoms with Crippen molar-refractivity contribution in [2.24, 2.45) is 0 Å². The summed E-state index contributed by atoms with van der Waals surface area (Å²) in [6.45, 7) is 0. The molecule has 1 aromatic heterocycles. The smallest absolute Gasteiger partial charge is 0.208 e. The zero-order valence-electron chi connectivity index (χ0n) is 22.1. The topological polar surface area (TPSA) is 203 Å². The van der Waals surface area contributed by atoms with Gasteiger partial charge in [-0.3, -0.25) is 0 Å². The second-order valence-corrected chi connectivity index (χ2v) is 9.18. The van der Waals surface area contributed by atoms with E-state index in [9.17, 15) is 45.6 Å². The fourth-order valence-electron chi connectivity index (χ4n) is 5.33. The van der Waals surface area contributed by atoms with Gasteiger partial charge in [-0.15, -0.1) is 0 Å². The predicted molar refractivity (Wildman–Crippen MR) is 148 cm³/mol. The van der Waals surface area contributed by atoms with E-state index in [-0.39, 0.29) is 61.3 Å². The van der Waals surface area contributed by atoms with Crippen LogP contribution in [-0.4, -0.2) is 4.98 Å². The van der Waals surface area contributed by atoms with E-state index in [4.69, 9.17) is 5.26 Å². The molecule has 2 aliphatic carbocycles. The SMILES string of the molecule is N#CC(C#N)=C1C(c2cc(F)c(C#N)cc2F)=C(C#N)c2cc3c(cc21)C(=C(C#N)C#N)C(c1ccc(F)nc1C#N)=C3C#N. The van der Waals surface area contributed by atoms with Gasteiger partial charge in [0.2, 0.25) is 5.95 Å². The van der Waals surface area contributed by atoms with Crippen LogP contribution in [0.2, 0.25) is 0 Å². The van der Waals surface area contributed by atoms with Crippen LogP contribution in [-0.2, 0) is 0 Å². The summed E-state index contributed by atoms with van der Waals surface area (Å²) in [7, 11) is 0. The average molecular weight is 585 g/mol. The Labute approximate surface area is 251 Å². The van der Waals surface area contributed by atoms with Crippen molar-refractivity contribution in [1.82, 2.24) is 4.98 Å². The standard InChI is InChI=1S/C33H6F3N9/c34-26-6-23(27(35)3-15(26)7-37)33-25(13-43)20-4-19-21(5-22(20)31(33)17(10-40)11-41)30(16(8-38)9-39)32(24(19)12-42)18-1-2-29(36)45-28(18)14-44/h1-6H. The Morgan fingerprint density at radius 1 is 0.511 bits per heavy atom. The van der Waals surface area contributed by atoms with Crippen molar-refractivity contribution in [1.29, 1.82) is 42.1 Å². The number of hydrogen-bond acceptors (Lipinski definition) is 9. The van der Waals surface area contributed by atoms with E-state index in [0.29, 0.717) is 12.1 Å². The van der Waals surface area contributed by atoms with Crippen LogP contribution in [0.1, 0.15) is 44.6 Å². The van der Waals surface area contributed by atoms with Gasteiger partial charge >= 0.3 is 0 Å². The van der Waals surface area contributed by atoms with Gasteiger partial charge in [-0.05, 0) is 47.5 Å². The molecule has 2 aliphatic rings. The summed E-state index contributed by atoms with van der Waals surface area (Å²) in [4.78, 5) is 3.55. The lowest BCUT2D eigenvalue weighted by Gasteiger charge is -2.12. The number of benzene rings is 2. The molecule has 0 amide bonds. The lowest BCUT2D eigenvalue weighted by molar-refractivity contribution is 0.582. The van der Waals surface area contributed by atoms with Crippen LogP contribution in [0, 0.1) is 108 Å². The highest BCUT2D eigenvalue weighted by Gasteiger charge is 2.38. The normalized spacial score (nSPS) is 12.3. The van der Waals surface area contributed by atoms with Gasteiger partial charge in [-0.2, -0.15) is 46.5 Å². The molecule has 2 aromatic carbocycles. The van der Waals surface area contributed by atoms with E-state index in [1.54, 1.807) is 30.3 Å². The molecule has 0 saturated heterocycles. The summed E-state index contributed by atoms with van der Waals surface area (Å²) >= 11 is 0. The third kappa shape index (κ3) is 4.15. The largest absolute Gasteiger partial charge is 0.214 e. The molecule has 0 radical (unpaired) electrons. The Hall–Kier alpha value is -7.74. The van der Waals surface area contributed by atoms with E-state index < -0.39 is 45.5 Å². The molecule has 1 heterocycles. The lowest BCUT2D eigenvalue weighted by atomic mass is 9.88. The number of hydrogen-bond donors (Lipinski definition) is 0. The Morgan fingerprint density at radius 2 is 1.02 bits per heavy atom. The molecular weight excluding hydrogens is 579 g/mol. The summed E-state index contributed by atoms with van der Waals surface area (Å²) in [6, 6.07) is 19.8. The van der Waals surface area contributed by atoms with Crippen LogP contribution in [0.5, 0.6) is 0 Å². The molecule has 0 spiro atoms. The molecule has 12 heteroatoms. The van der Waals surface area contributed by atoms with Crippen LogP contribution < -0.4 is 0 Å². The number of halogens is 3. The lowest BCUT2D eigenvalue weighted by Crippen LogP contribution is -1.99. The van der Waals surface area contributed by atoms with Gasteiger partial charge < -0.3 is 0 Å². The summed E-state index contributed by atoms with van der Waals surface area (Å²) < 4.78 is 44.0. The van der Waals surface area contributed by atoms with Crippen LogP contribution in [0.4, 0.5) is 13.2 Å². The maximum atomic E-state index is 15.4. The number of pyridine rings is 1. The zero-order valence-corrected chi connectivity index (χ0v) is 22.1. The van der Waals surface area contributed by atoms with Crippen molar-refractivity contribution in [3.8, 4) is 48.6 Å². The highest BCUT2D eigenvalue weighted by Crippen LogP contribution is 2.54. The first kappa shape index (κ1) is 28.8. The molecule has 0 bridgehead atoms. The molecule has 204 valence electrons. The maximum Gasteiger partial charge on any atom is 0.214 e. The molecule has 0 aliphatic heterocycles. The van der Waals surface area contributed by atoms with Crippen LogP contribution >= 0.6 is 0 Å². The third-order valence-electron chi connectivity index (χ3n) is 7.09. The van der Waals surface area contributed by atoms with E-state index in [1.165, 1.54) is 18.2 Å². The molecule has 0 unspecified atom stereocenters. The molecule has 3 aromatic rings. The van der Waals surface area contributed by atoms with Crippen molar-refractivity contribution in [3.05, 3.63) is 110 Å². The first-order valence-corrected chi connectivity index (χ1v) is 12.3. The summed E-state index contributed by atoms with van der Waals surface area (Å²) in [5.74, 6) is -3.27. The number of aromatic nitrogens is 1. The van der Waals surface area contributed by atoms with Crippen molar-refractivity contribution in [3.63, 3.8) is 0 Å². The second kappa shape index (κ2) is 10.9. The zero-order chi connectivity index (χ0) is 32.6. The maximum absolute atomic E-state index is 15.4. The van der Waals surface area contributed by atoms with Gasteiger partial charge in [-0.25, -0.2) is 13.8 Å². The minimum atomic E-state index is -1.13. The predicted octanol–water partition coefficient (Wildman–Crippen LogP) is 5.74. The van der Waals surface area contributed by atoms with Gasteiger partial charge in [0.1, 0.15) is 71.3 Å². The Balaban J connectivity index is 1.97. The van der Waals surface area contributed by atoms with Gasteiger partial charge in [0, 0.05) is 44.5 Å². The summed E-state index contributed by atoms with van der Waals surface area (Å²) in [6.07, 6.45) is 0. The first-order chi connectivity index (χ1) is 21.7. The van der Waals surface area contributed by atoms with Crippen LogP contribution in [0.25, 0.3) is 33.4 Å². The molecule has 0 saturated carbocycles. The van der Waals surface area contributed by atoms with E-state index in [1.807, 2.05) is 12.1 Å². The highest BCUT2D eigenvalue weighted by atomic mass is 19.1. The number of nitrogens with zero attached hydrogens (tertiary/aromatic N) is 9. The number of rotatable bonds is 2. The van der Waals surface area contributed by atoms with Crippen molar-refractivity contribution >= 4 is 33.4 Å². The number of nitriles is 8. The highest BCUT2D eigenvalue weighted by molar-refractivity contribution is 6.30. The Bertz CT molecular complexity index is 2410. The molecule has 0 fully saturated rings. The monoisotopic (exact) mass is 585 g/mol. The molecule has 9 nitrogen and oxygen atoms in total. The fraction of sp³-hybridized carbons (Fsp3) is 0. The van der Waals surface area contributed by atoms with Gasteiger partial charge in [-0.1, -0.05) is 0 Å². The van der Waals surface area contributed by atoms with Gasteiger partial charge in [0.25, 0.3) is 0 Å². The van der Waals surface area contributed by atoms with E-state index >= 15 is 4.39 Å². The first-order valence-electron chi connectivity index (χ1n) is 12.3. The quantitative estimate of drug-likeness (QED) is 0.265. The Morgan fingerprint density at radius 3 is 1.49 bits per heavy atom. The van der Waals surface area contributed by atoms with Gasteiger partial charge in [0.15, 0.2) is 5.69 Å². The van der Waals surface area contributed by atoms with Crippen molar-refractivity contribution < 1.29 is 13.2 Å². The molecule has 5 rings (SSSR count). The minimum Gasteiger partial charge on any atom is -0.208 e. The number of allylic oxidation sites excluding steroid dienone is 8. The minimum absolute atomic E-state index is 0.00466. The molecule has 0 N–H and O–H groups in total. The van der Waals surface area contributed by atoms with Gasteiger partial charge in [0.05, 0.1) is 16.7 Å². The molecule has 45 heavy (non-hydrogen) atoms. The third-order valence-corrected chi connectivity index (χ3v) is 7.09. The molecule has 0 atom stereocenters. The summed E-state index contributed by atoms with van der Waals surface area (Å²) in [5.41, 5.74) is -4.15. The molecular formula is C33H6F3N9. The van der Waals surface area contributed by atoms with Crippen LogP contribution in [0.3, 0.4) is 0 Å². The van der Waals surface area contributed by atoms with E-state index in [0.717, 1.165) is 12.1 Å². The van der Waals surface area contributed by atoms with Crippen LogP contribution in [0.15, 0.2) is 47.5 Å². The Kier molecular flexibility index (Phi) is 6.98. The second-order valence-electron chi connectivity index (χ2n) is 9.18. The van der Waals surface area contributed by atoms with Crippen molar-refractivity contribution in [2.75, 3.05) is 0 Å². The number of fused-ring (bicyclic) bond motifs is 2. The van der Waals surface area contributed by atoms with E-state index in [2.05, 4.69) is 4.98 Å². The van der Waals surface area contributed by atoms with Crippen molar-refractivity contribution in [2.45, 2.75) is 0 Å². The fourth-order valence-corrected chi connectivity index (χ4v) is 5.33. The summed E-state index contributed by atoms with van der Waals surface area (Å²) in [5, 5.41) is 78.7.